The molecule has 0 spiro atoms. The number of unbranched alkanes of at least 4 members (excludes halogenated alkanes) is 1. The van der Waals surface area contributed by atoms with Crippen LogP contribution in [0.25, 0.3) is 11.0 Å². The Morgan fingerprint density at radius 3 is 2.58 bits per heavy atom. The van der Waals surface area contributed by atoms with Crippen molar-refractivity contribution in [3.63, 3.8) is 0 Å². The van der Waals surface area contributed by atoms with Gasteiger partial charge in [-0.05, 0) is 49.1 Å². The lowest BCUT2D eigenvalue weighted by Crippen LogP contribution is -2.46. The summed E-state index contributed by atoms with van der Waals surface area (Å²) in [5.41, 5.74) is 2.79. The van der Waals surface area contributed by atoms with E-state index in [0.717, 1.165) is 69.7 Å². The van der Waals surface area contributed by atoms with Crippen molar-refractivity contribution in [2.75, 3.05) is 46.4 Å². The van der Waals surface area contributed by atoms with Gasteiger partial charge >= 0.3 is 5.63 Å². The molecule has 3 rings (SSSR count). The molecule has 1 aromatic heterocycles. The molecule has 2 heterocycles. The molecule has 1 fully saturated rings. The summed E-state index contributed by atoms with van der Waals surface area (Å²) in [5.74, 6) is 0. The van der Waals surface area contributed by atoms with Gasteiger partial charge in [0.25, 0.3) is 0 Å². The first-order chi connectivity index (χ1) is 12.7. The normalized spacial score (nSPS) is 16.4. The molecule has 1 aliphatic rings. The summed E-state index contributed by atoms with van der Waals surface area (Å²) in [4.78, 5) is 16.9. The Hall–Kier alpha value is -1.69. The third kappa shape index (κ3) is 4.93. The zero-order valence-corrected chi connectivity index (χ0v) is 16.0. The minimum absolute atomic E-state index is 0.256. The molecule has 0 radical (unpaired) electrons. The van der Waals surface area contributed by atoms with Crippen molar-refractivity contribution in [1.82, 2.24) is 9.80 Å². The molecular formula is C21H30N2O3. The monoisotopic (exact) mass is 358 g/mol. The second-order valence-corrected chi connectivity index (χ2v) is 7.09. The van der Waals surface area contributed by atoms with E-state index in [9.17, 15) is 4.79 Å². The van der Waals surface area contributed by atoms with Gasteiger partial charge in [0.1, 0.15) is 5.58 Å². The van der Waals surface area contributed by atoms with Gasteiger partial charge in [-0.2, -0.15) is 0 Å². The first-order valence-electron chi connectivity index (χ1n) is 9.69. The number of rotatable bonds is 8. The van der Waals surface area contributed by atoms with E-state index in [1.165, 1.54) is 12.0 Å². The number of piperazine rings is 1. The molecule has 0 saturated carbocycles. The number of benzene rings is 1. The number of hydrogen-bond donors (Lipinski definition) is 0. The van der Waals surface area contributed by atoms with E-state index in [-0.39, 0.29) is 5.63 Å². The van der Waals surface area contributed by atoms with Gasteiger partial charge in [0.15, 0.2) is 0 Å². The highest BCUT2D eigenvalue weighted by Crippen LogP contribution is 2.21. The Morgan fingerprint density at radius 2 is 1.85 bits per heavy atom. The van der Waals surface area contributed by atoms with Gasteiger partial charge in [0.2, 0.25) is 0 Å². The molecule has 0 atom stereocenters. The van der Waals surface area contributed by atoms with Crippen LogP contribution < -0.4 is 5.63 Å². The molecular weight excluding hydrogens is 328 g/mol. The summed E-state index contributed by atoms with van der Waals surface area (Å²) in [6, 6.07) is 7.80. The number of fused-ring (bicyclic) bond motifs is 1. The molecule has 0 unspecified atom stereocenters. The number of nitrogens with zero attached hydrogens (tertiary/aromatic N) is 2. The predicted octanol–water partition coefficient (Wildman–Crippen LogP) is 2.90. The smallest absolute Gasteiger partial charge is 0.336 e. The maximum atomic E-state index is 11.9. The Labute approximate surface area is 155 Å². The van der Waals surface area contributed by atoms with Crippen LogP contribution in [0, 0.1) is 0 Å². The van der Waals surface area contributed by atoms with Crippen LogP contribution in [0.1, 0.15) is 30.9 Å². The van der Waals surface area contributed by atoms with E-state index in [2.05, 4.69) is 22.8 Å². The lowest BCUT2D eigenvalue weighted by molar-refractivity contribution is 0.121. The van der Waals surface area contributed by atoms with Gasteiger partial charge in [-0.3, -0.25) is 4.90 Å². The van der Waals surface area contributed by atoms with E-state index < -0.39 is 0 Å². The van der Waals surface area contributed by atoms with Crippen molar-refractivity contribution in [1.29, 1.82) is 0 Å². The minimum Gasteiger partial charge on any atom is -0.423 e. The highest BCUT2D eigenvalue weighted by atomic mass is 16.5. The van der Waals surface area contributed by atoms with E-state index >= 15 is 0 Å². The van der Waals surface area contributed by atoms with Crippen LogP contribution in [0.2, 0.25) is 0 Å². The van der Waals surface area contributed by atoms with Crippen molar-refractivity contribution in [2.24, 2.45) is 0 Å². The molecule has 1 saturated heterocycles. The lowest BCUT2D eigenvalue weighted by atomic mass is 10.0. The van der Waals surface area contributed by atoms with Crippen molar-refractivity contribution in [3.8, 4) is 0 Å². The fourth-order valence-electron chi connectivity index (χ4n) is 3.62. The SMILES string of the molecule is CCc1ccc2oc(=O)cc(CN3CCN(CCCCOC)CC3)c2c1. The maximum Gasteiger partial charge on any atom is 0.336 e. The number of methoxy groups -OCH3 is 1. The Balaban J connectivity index is 1.62. The van der Waals surface area contributed by atoms with Crippen molar-refractivity contribution >= 4 is 11.0 Å². The highest BCUT2D eigenvalue weighted by molar-refractivity contribution is 5.80. The molecule has 2 aromatic rings. The van der Waals surface area contributed by atoms with Crippen LogP contribution >= 0.6 is 0 Å². The van der Waals surface area contributed by atoms with E-state index in [4.69, 9.17) is 9.15 Å². The lowest BCUT2D eigenvalue weighted by Gasteiger charge is -2.34. The molecule has 5 heteroatoms. The second-order valence-electron chi connectivity index (χ2n) is 7.09. The Morgan fingerprint density at radius 1 is 1.08 bits per heavy atom. The zero-order valence-electron chi connectivity index (χ0n) is 16.0. The maximum absolute atomic E-state index is 11.9. The molecule has 142 valence electrons. The van der Waals surface area contributed by atoms with Crippen LogP contribution in [0.15, 0.2) is 33.5 Å². The summed E-state index contributed by atoms with van der Waals surface area (Å²) in [7, 11) is 1.76. The number of hydrogen-bond acceptors (Lipinski definition) is 5. The van der Waals surface area contributed by atoms with Crippen molar-refractivity contribution in [2.45, 2.75) is 32.7 Å². The molecule has 0 bridgehead atoms. The zero-order chi connectivity index (χ0) is 18.4. The average Bonchev–Trinajstić information content (AvgIpc) is 2.66. The van der Waals surface area contributed by atoms with Crippen LogP contribution in [0.3, 0.4) is 0 Å². The van der Waals surface area contributed by atoms with Gasteiger partial charge in [-0.15, -0.1) is 0 Å². The summed E-state index contributed by atoms with van der Waals surface area (Å²) in [6.45, 7) is 9.22. The van der Waals surface area contributed by atoms with Gasteiger partial charge in [0.05, 0.1) is 0 Å². The fourth-order valence-corrected chi connectivity index (χ4v) is 3.62. The summed E-state index contributed by atoms with van der Waals surface area (Å²) < 4.78 is 10.5. The topological polar surface area (TPSA) is 45.9 Å². The van der Waals surface area contributed by atoms with E-state index in [1.54, 1.807) is 13.2 Å². The van der Waals surface area contributed by atoms with Crippen LogP contribution in [-0.2, 0) is 17.7 Å². The molecule has 0 aliphatic carbocycles. The van der Waals surface area contributed by atoms with Gasteiger partial charge < -0.3 is 14.1 Å². The fraction of sp³-hybridized carbons (Fsp3) is 0.571. The summed E-state index contributed by atoms with van der Waals surface area (Å²) >= 11 is 0. The van der Waals surface area contributed by atoms with Gasteiger partial charge in [-0.1, -0.05) is 13.0 Å². The molecule has 5 nitrogen and oxygen atoms in total. The summed E-state index contributed by atoms with van der Waals surface area (Å²) in [6.07, 6.45) is 3.30. The number of ether oxygens (including phenoxy) is 1. The highest BCUT2D eigenvalue weighted by Gasteiger charge is 2.18. The molecule has 1 aliphatic heterocycles. The van der Waals surface area contributed by atoms with Crippen molar-refractivity contribution in [3.05, 3.63) is 45.8 Å². The van der Waals surface area contributed by atoms with Gasteiger partial charge in [0, 0.05) is 57.9 Å². The average molecular weight is 358 g/mol. The van der Waals surface area contributed by atoms with E-state index in [1.807, 2.05) is 12.1 Å². The van der Waals surface area contributed by atoms with Crippen molar-refractivity contribution < 1.29 is 9.15 Å². The first kappa shape index (κ1) is 19.1. The molecule has 0 amide bonds. The summed E-state index contributed by atoms with van der Waals surface area (Å²) in [5, 5.41) is 1.07. The first-order valence-corrected chi connectivity index (χ1v) is 9.69. The van der Waals surface area contributed by atoms with Gasteiger partial charge in [-0.25, -0.2) is 4.79 Å². The Kier molecular flexibility index (Phi) is 6.83. The molecule has 26 heavy (non-hydrogen) atoms. The van der Waals surface area contributed by atoms with Crippen LogP contribution in [-0.4, -0.2) is 56.2 Å². The molecule has 0 N–H and O–H groups in total. The Bertz CT molecular complexity index is 763. The molecule has 1 aromatic carbocycles. The standard InChI is InChI=1S/C21H30N2O3/c1-3-17-6-7-20-19(14-17)18(15-21(24)26-20)16-23-11-9-22(10-12-23)8-4-5-13-25-2/h6-7,14-15H,3-5,8-13,16H2,1-2H3. The third-order valence-corrected chi connectivity index (χ3v) is 5.23. The number of aryl methyl sites for hydroxylation is 1. The van der Waals surface area contributed by atoms with Crippen LogP contribution in [0.4, 0.5) is 0 Å². The second kappa shape index (κ2) is 9.31. The minimum atomic E-state index is -0.256. The van der Waals surface area contributed by atoms with Crippen LogP contribution in [0.5, 0.6) is 0 Å². The largest absolute Gasteiger partial charge is 0.423 e. The predicted molar refractivity (Wildman–Crippen MR) is 105 cm³/mol. The quantitative estimate of drug-likeness (QED) is 0.536. The van der Waals surface area contributed by atoms with E-state index in [0.29, 0.717) is 5.58 Å². The third-order valence-electron chi connectivity index (χ3n) is 5.23.